The molecule has 0 radical (unpaired) electrons. The molecule has 0 bridgehead atoms. The zero-order valence-electron chi connectivity index (χ0n) is 11.1. The highest BCUT2D eigenvalue weighted by atomic mass is 16.5. The third-order valence-electron chi connectivity index (χ3n) is 3.00. The van der Waals surface area contributed by atoms with Crippen LogP contribution in [-0.4, -0.2) is 17.1 Å². The molecule has 0 N–H and O–H groups in total. The summed E-state index contributed by atoms with van der Waals surface area (Å²) in [5.74, 6) is -0.498. The Morgan fingerprint density at radius 3 is 2.74 bits per heavy atom. The molecular weight excluding hydrogens is 240 g/mol. The third kappa shape index (κ3) is 2.41. The van der Waals surface area contributed by atoms with Gasteiger partial charge < -0.3 is 4.74 Å². The molecule has 0 amide bonds. The van der Waals surface area contributed by atoms with Crippen LogP contribution in [0.2, 0.25) is 0 Å². The fraction of sp³-hybridized carbons (Fsp3) is 0.267. The van der Waals surface area contributed by atoms with Crippen molar-refractivity contribution >= 4 is 16.9 Å². The van der Waals surface area contributed by atoms with Crippen LogP contribution in [0, 0.1) is 25.2 Å². The summed E-state index contributed by atoms with van der Waals surface area (Å²) in [5, 5.41) is 9.62. The second-order valence-electron chi connectivity index (χ2n) is 4.39. The standard InChI is InChI=1S/C15H14N2O2/c1-9(8-16)19-15(18)14-10(2)12-6-4-5-7-13(12)17-11(14)3/h4-7,9H,1-3H3. The number of nitrogens with zero attached hydrogens (tertiary/aromatic N) is 2. The van der Waals surface area contributed by atoms with Gasteiger partial charge in [-0.1, -0.05) is 18.2 Å². The van der Waals surface area contributed by atoms with Crippen molar-refractivity contribution in [2.24, 2.45) is 0 Å². The second-order valence-corrected chi connectivity index (χ2v) is 4.39. The molecule has 96 valence electrons. The van der Waals surface area contributed by atoms with Crippen LogP contribution < -0.4 is 0 Å². The van der Waals surface area contributed by atoms with Gasteiger partial charge in [0, 0.05) is 5.39 Å². The van der Waals surface area contributed by atoms with E-state index in [2.05, 4.69) is 4.98 Å². The van der Waals surface area contributed by atoms with Crippen molar-refractivity contribution in [2.45, 2.75) is 26.9 Å². The van der Waals surface area contributed by atoms with Gasteiger partial charge in [-0.2, -0.15) is 5.26 Å². The molecule has 4 nitrogen and oxygen atoms in total. The fourth-order valence-electron chi connectivity index (χ4n) is 2.08. The fourth-order valence-corrected chi connectivity index (χ4v) is 2.08. The second kappa shape index (κ2) is 5.07. The first-order valence-electron chi connectivity index (χ1n) is 6.01. The number of aryl methyl sites for hydroxylation is 2. The molecule has 2 aromatic rings. The molecule has 0 aliphatic rings. The van der Waals surface area contributed by atoms with Crippen LogP contribution in [0.5, 0.6) is 0 Å². The summed E-state index contributed by atoms with van der Waals surface area (Å²) < 4.78 is 5.06. The maximum atomic E-state index is 12.1. The Morgan fingerprint density at radius 2 is 2.05 bits per heavy atom. The minimum atomic E-state index is -0.766. The van der Waals surface area contributed by atoms with Gasteiger partial charge in [-0.05, 0) is 32.4 Å². The molecule has 19 heavy (non-hydrogen) atoms. The van der Waals surface area contributed by atoms with Gasteiger partial charge in [-0.25, -0.2) is 4.79 Å². The van der Waals surface area contributed by atoms with Gasteiger partial charge in [0.25, 0.3) is 0 Å². The van der Waals surface area contributed by atoms with Gasteiger partial charge in [-0.15, -0.1) is 0 Å². The molecule has 0 aliphatic heterocycles. The van der Waals surface area contributed by atoms with Crippen LogP contribution in [-0.2, 0) is 4.74 Å². The number of hydrogen-bond donors (Lipinski definition) is 0. The molecule has 1 heterocycles. The Labute approximate surface area is 111 Å². The Kier molecular flexibility index (Phi) is 3.48. The Morgan fingerprint density at radius 1 is 1.37 bits per heavy atom. The summed E-state index contributed by atoms with van der Waals surface area (Å²) in [7, 11) is 0. The minimum Gasteiger partial charge on any atom is -0.444 e. The monoisotopic (exact) mass is 254 g/mol. The molecule has 0 saturated heterocycles. The molecule has 1 unspecified atom stereocenters. The number of benzene rings is 1. The summed E-state index contributed by atoms with van der Waals surface area (Å²) in [6.45, 7) is 5.18. The Bertz CT molecular complexity index is 686. The number of esters is 1. The van der Waals surface area contributed by atoms with Crippen molar-refractivity contribution in [1.82, 2.24) is 4.98 Å². The van der Waals surface area contributed by atoms with Crippen molar-refractivity contribution in [3.05, 3.63) is 41.1 Å². The first-order valence-corrected chi connectivity index (χ1v) is 6.01. The molecular formula is C15H14N2O2. The number of hydrogen-bond acceptors (Lipinski definition) is 4. The highest BCUT2D eigenvalue weighted by molar-refractivity contribution is 5.98. The van der Waals surface area contributed by atoms with Crippen molar-refractivity contribution in [3.63, 3.8) is 0 Å². The van der Waals surface area contributed by atoms with Gasteiger partial charge in [0.15, 0.2) is 6.10 Å². The van der Waals surface area contributed by atoms with Gasteiger partial charge in [0.1, 0.15) is 6.07 Å². The summed E-state index contributed by atoms with van der Waals surface area (Å²) in [6, 6.07) is 9.51. The van der Waals surface area contributed by atoms with Crippen LogP contribution >= 0.6 is 0 Å². The van der Waals surface area contributed by atoms with Gasteiger partial charge >= 0.3 is 5.97 Å². The number of carbonyl (C=O) groups is 1. The molecule has 0 aliphatic carbocycles. The van der Waals surface area contributed by atoms with Crippen LogP contribution in [0.3, 0.4) is 0 Å². The largest absolute Gasteiger partial charge is 0.444 e. The van der Waals surface area contributed by atoms with Crippen LogP contribution in [0.15, 0.2) is 24.3 Å². The van der Waals surface area contributed by atoms with Crippen molar-refractivity contribution in [2.75, 3.05) is 0 Å². The van der Waals surface area contributed by atoms with Gasteiger partial charge in [-0.3, -0.25) is 4.98 Å². The summed E-state index contributed by atoms with van der Waals surface area (Å²) in [4.78, 5) is 16.5. The van der Waals surface area contributed by atoms with Crippen LogP contribution in [0.4, 0.5) is 0 Å². The molecule has 0 fully saturated rings. The lowest BCUT2D eigenvalue weighted by Crippen LogP contribution is -2.16. The van der Waals surface area contributed by atoms with E-state index in [4.69, 9.17) is 10.00 Å². The predicted octanol–water partition coefficient (Wildman–Crippen LogP) is 2.92. The number of carbonyl (C=O) groups excluding carboxylic acids is 1. The first-order chi connectivity index (χ1) is 9.04. The number of fused-ring (bicyclic) bond motifs is 1. The molecule has 0 saturated carbocycles. The Balaban J connectivity index is 2.55. The number of pyridine rings is 1. The maximum Gasteiger partial charge on any atom is 0.341 e. The number of rotatable bonds is 2. The SMILES string of the molecule is Cc1nc2ccccc2c(C)c1C(=O)OC(C)C#N. The smallest absolute Gasteiger partial charge is 0.341 e. The molecule has 0 spiro atoms. The predicted molar refractivity (Wildman–Crippen MR) is 71.7 cm³/mol. The average molecular weight is 254 g/mol. The lowest BCUT2D eigenvalue weighted by molar-refractivity contribution is 0.0433. The van der Waals surface area contributed by atoms with E-state index in [1.54, 1.807) is 6.92 Å². The van der Waals surface area contributed by atoms with E-state index in [1.807, 2.05) is 37.3 Å². The van der Waals surface area contributed by atoms with Crippen LogP contribution in [0.25, 0.3) is 10.9 Å². The van der Waals surface area contributed by atoms with Gasteiger partial charge in [0.05, 0.1) is 16.8 Å². The summed E-state index contributed by atoms with van der Waals surface area (Å²) in [6.07, 6.45) is -0.766. The first kappa shape index (κ1) is 13.0. The Hall–Kier alpha value is -2.41. The number of ether oxygens (including phenoxy) is 1. The molecule has 4 heteroatoms. The lowest BCUT2D eigenvalue weighted by Gasteiger charge is -2.12. The molecule has 1 aromatic heterocycles. The molecule has 1 aromatic carbocycles. The number of aromatic nitrogens is 1. The molecule has 1 atom stereocenters. The van der Waals surface area contributed by atoms with Crippen molar-refractivity contribution < 1.29 is 9.53 Å². The summed E-state index contributed by atoms with van der Waals surface area (Å²) in [5.41, 5.74) is 2.74. The van der Waals surface area contributed by atoms with E-state index in [-0.39, 0.29) is 0 Å². The lowest BCUT2D eigenvalue weighted by atomic mass is 10.0. The minimum absolute atomic E-state index is 0.445. The topological polar surface area (TPSA) is 63.0 Å². The van der Waals surface area contributed by atoms with Crippen LogP contribution in [0.1, 0.15) is 28.5 Å². The van der Waals surface area contributed by atoms with E-state index in [9.17, 15) is 4.79 Å². The zero-order chi connectivity index (χ0) is 14.0. The quantitative estimate of drug-likeness (QED) is 0.773. The third-order valence-corrected chi connectivity index (χ3v) is 3.00. The summed E-state index contributed by atoms with van der Waals surface area (Å²) >= 11 is 0. The average Bonchev–Trinajstić information content (AvgIpc) is 2.38. The van der Waals surface area contributed by atoms with Crippen molar-refractivity contribution in [3.8, 4) is 6.07 Å². The van der Waals surface area contributed by atoms with Crippen molar-refractivity contribution in [1.29, 1.82) is 5.26 Å². The number of nitriles is 1. The molecule has 2 rings (SSSR count). The van der Waals surface area contributed by atoms with E-state index >= 15 is 0 Å². The van der Waals surface area contributed by atoms with E-state index in [1.165, 1.54) is 6.92 Å². The maximum absolute atomic E-state index is 12.1. The zero-order valence-corrected chi connectivity index (χ0v) is 11.1. The highest BCUT2D eigenvalue weighted by Crippen LogP contribution is 2.23. The van der Waals surface area contributed by atoms with E-state index in [0.29, 0.717) is 11.3 Å². The normalized spacial score (nSPS) is 11.9. The van der Waals surface area contributed by atoms with E-state index in [0.717, 1.165) is 16.5 Å². The van der Waals surface area contributed by atoms with Gasteiger partial charge in [0.2, 0.25) is 0 Å². The number of para-hydroxylation sites is 1. The van der Waals surface area contributed by atoms with E-state index < -0.39 is 12.1 Å². The highest BCUT2D eigenvalue weighted by Gasteiger charge is 2.19.